The number of hydrogen-bond donors (Lipinski definition) is 3. The fraction of sp³-hybridized carbons (Fsp3) is 0.222. The molecular formula is C18H21N3O3. The van der Waals surface area contributed by atoms with Crippen molar-refractivity contribution in [1.29, 1.82) is 0 Å². The van der Waals surface area contributed by atoms with Gasteiger partial charge in [-0.3, -0.25) is 20.4 Å². The van der Waals surface area contributed by atoms with Crippen LogP contribution in [0, 0.1) is 0 Å². The number of carbonyl (C=O) groups is 2. The summed E-state index contributed by atoms with van der Waals surface area (Å²) in [4.78, 5) is 23.8. The molecule has 126 valence electrons. The number of carbonyl (C=O) groups excluding carboxylic acids is 2. The Kier molecular flexibility index (Phi) is 6.19. The Morgan fingerprint density at radius 3 is 2.38 bits per heavy atom. The number of ether oxygens (including phenoxy) is 1. The minimum Gasteiger partial charge on any atom is -0.495 e. The van der Waals surface area contributed by atoms with Gasteiger partial charge in [-0.2, -0.15) is 0 Å². The van der Waals surface area contributed by atoms with Gasteiger partial charge in [-0.15, -0.1) is 0 Å². The van der Waals surface area contributed by atoms with Gasteiger partial charge >= 0.3 is 0 Å². The summed E-state index contributed by atoms with van der Waals surface area (Å²) in [6.07, 6.45) is 0.910. The van der Waals surface area contributed by atoms with Crippen LogP contribution in [0.2, 0.25) is 0 Å². The molecule has 0 saturated carbocycles. The number of rotatable bonds is 6. The van der Waals surface area contributed by atoms with E-state index in [1.807, 2.05) is 31.2 Å². The molecule has 0 saturated heterocycles. The van der Waals surface area contributed by atoms with Crippen molar-refractivity contribution in [1.82, 2.24) is 10.9 Å². The maximum absolute atomic E-state index is 12.0. The molecule has 2 aromatic carbocycles. The Balaban J connectivity index is 1.81. The number of nitrogens with one attached hydrogen (secondary N) is 3. The first-order chi connectivity index (χ1) is 11.6. The van der Waals surface area contributed by atoms with Gasteiger partial charge in [-0.05, 0) is 36.2 Å². The Morgan fingerprint density at radius 1 is 1.00 bits per heavy atom. The summed E-state index contributed by atoms with van der Waals surface area (Å²) >= 11 is 0. The van der Waals surface area contributed by atoms with Crippen molar-refractivity contribution in [2.24, 2.45) is 0 Å². The third-order valence-electron chi connectivity index (χ3n) is 3.49. The third-order valence-corrected chi connectivity index (χ3v) is 3.49. The minimum absolute atomic E-state index is 0.00935. The summed E-state index contributed by atoms with van der Waals surface area (Å²) in [5.74, 6) is -0.0759. The van der Waals surface area contributed by atoms with Crippen LogP contribution >= 0.6 is 0 Å². The SMILES string of the molecule is CCc1ccc(C(=O)NNC(=O)CNc2ccccc2OC)cc1. The molecule has 6 nitrogen and oxygen atoms in total. The number of aryl methyl sites for hydroxylation is 1. The van der Waals surface area contributed by atoms with Crippen LogP contribution in [0.3, 0.4) is 0 Å². The van der Waals surface area contributed by atoms with Gasteiger partial charge in [0, 0.05) is 5.56 Å². The first-order valence-corrected chi connectivity index (χ1v) is 7.69. The Hall–Kier alpha value is -3.02. The molecule has 2 aromatic rings. The van der Waals surface area contributed by atoms with Crippen LogP contribution in [0.5, 0.6) is 5.75 Å². The molecule has 2 amide bonds. The van der Waals surface area contributed by atoms with E-state index in [4.69, 9.17) is 4.74 Å². The zero-order chi connectivity index (χ0) is 17.4. The van der Waals surface area contributed by atoms with E-state index >= 15 is 0 Å². The Labute approximate surface area is 141 Å². The Bertz CT molecular complexity index is 699. The lowest BCUT2D eigenvalue weighted by Crippen LogP contribution is -2.44. The highest BCUT2D eigenvalue weighted by Crippen LogP contribution is 2.22. The van der Waals surface area contributed by atoms with Gasteiger partial charge in [0.05, 0.1) is 19.3 Å². The van der Waals surface area contributed by atoms with Gasteiger partial charge in [0.2, 0.25) is 0 Å². The van der Waals surface area contributed by atoms with Gasteiger partial charge in [-0.1, -0.05) is 31.2 Å². The predicted molar refractivity (Wildman–Crippen MR) is 92.9 cm³/mol. The molecule has 6 heteroatoms. The zero-order valence-electron chi connectivity index (χ0n) is 13.8. The van der Waals surface area contributed by atoms with E-state index in [1.165, 1.54) is 0 Å². The molecule has 2 rings (SSSR count). The summed E-state index contributed by atoms with van der Waals surface area (Å²) in [5.41, 5.74) is 7.11. The summed E-state index contributed by atoms with van der Waals surface area (Å²) in [5, 5.41) is 2.95. The fourth-order valence-electron chi connectivity index (χ4n) is 2.10. The lowest BCUT2D eigenvalue weighted by molar-refractivity contribution is -0.120. The number of hydrazine groups is 1. The summed E-state index contributed by atoms with van der Waals surface area (Å²) < 4.78 is 5.19. The van der Waals surface area contributed by atoms with Crippen molar-refractivity contribution in [3.05, 3.63) is 59.7 Å². The molecule has 0 aromatic heterocycles. The number of methoxy groups -OCH3 is 1. The highest BCUT2D eigenvalue weighted by atomic mass is 16.5. The van der Waals surface area contributed by atoms with E-state index in [0.29, 0.717) is 17.0 Å². The van der Waals surface area contributed by atoms with Crippen LogP contribution in [0.25, 0.3) is 0 Å². The topological polar surface area (TPSA) is 79.5 Å². The first-order valence-electron chi connectivity index (χ1n) is 7.69. The van der Waals surface area contributed by atoms with Crippen LogP contribution in [-0.2, 0) is 11.2 Å². The molecule has 3 N–H and O–H groups in total. The molecule has 0 fully saturated rings. The average molecular weight is 327 g/mol. The van der Waals surface area contributed by atoms with E-state index in [-0.39, 0.29) is 18.4 Å². The fourth-order valence-corrected chi connectivity index (χ4v) is 2.10. The van der Waals surface area contributed by atoms with Crippen molar-refractivity contribution < 1.29 is 14.3 Å². The van der Waals surface area contributed by atoms with Crippen molar-refractivity contribution in [3.63, 3.8) is 0 Å². The number of para-hydroxylation sites is 2. The van der Waals surface area contributed by atoms with Gasteiger partial charge < -0.3 is 10.1 Å². The molecule has 0 heterocycles. The maximum Gasteiger partial charge on any atom is 0.269 e. The van der Waals surface area contributed by atoms with Gasteiger partial charge in [0.25, 0.3) is 11.8 Å². The van der Waals surface area contributed by atoms with E-state index in [2.05, 4.69) is 16.2 Å². The van der Waals surface area contributed by atoms with Gasteiger partial charge in [0.1, 0.15) is 5.75 Å². The summed E-state index contributed by atoms with van der Waals surface area (Å²) in [6.45, 7) is 2.06. The second kappa shape index (κ2) is 8.57. The highest BCUT2D eigenvalue weighted by Gasteiger charge is 2.08. The van der Waals surface area contributed by atoms with Crippen molar-refractivity contribution in [2.75, 3.05) is 19.0 Å². The summed E-state index contributed by atoms with van der Waals surface area (Å²) in [7, 11) is 1.56. The average Bonchev–Trinajstić information content (AvgIpc) is 2.64. The second-order valence-corrected chi connectivity index (χ2v) is 5.11. The van der Waals surface area contributed by atoms with E-state index in [0.717, 1.165) is 12.0 Å². The van der Waals surface area contributed by atoms with Crippen LogP contribution in [-0.4, -0.2) is 25.5 Å². The molecule has 0 radical (unpaired) electrons. The molecule has 0 unspecified atom stereocenters. The van der Waals surface area contributed by atoms with Crippen LogP contribution in [0.4, 0.5) is 5.69 Å². The van der Waals surface area contributed by atoms with Crippen molar-refractivity contribution >= 4 is 17.5 Å². The molecule has 24 heavy (non-hydrogen) atoms. The van der Waals surface area contributed by atoms with Crippen molar-refractivity contribution in [3.8, 4) is 5.75 Å². The van der Waals surface area contributed by atoms with Gasteiger partial charge in [0.15, 0.2) is 0 Å². The quantitative estimate of drug-likeness (QED) is 0.710. The second-order valence-electron chi connectivity index (χ2n) is 5.11. The molecule has 0 bridgehead atoms. The molecule has 0 aliphatic rings. The van der Waals surface area contributed by atoms with Crippen LogP contribution in [0.15, 0.2) is 48.5 Å². The zero-order valence-corrected chi connectivity index (χ0v) is 13.8. The lowest BCUT2D eigenvalue weighted by Gasteiger charge is -2.11. The predicted octanol–water partition coefficient (Wildman–Crippen LogP) is 2.13. The van der Waals surface area contributed by atoms with Gasteiger partial charge in [-0.25, -0.2) is 0 Å². The van der Waals surface area contributed by atoms with Crippen molar-refractivity contribution in [2.45, 2.75) is 13.3 Å². The number of benzene rings is 2. The Morgan fingerprint density at radius 2 is 1.71 bits per heavy atom. The smallest absolute Gasteiger partial charge is 0.269 e. The molecule has 0 atom stereocenters. The van der Waals surface area contributed by atoms with Crippen LogP contribution < -0.4 is 20.9 Å². The van der Waals surface area contributed by atoms with E-state index in [1.54, 1.807) is 31.4 Å². The first kappa shape index (κ1) is 17.3. The molecule has 0 aliphatic heterocycles. The van der Waals surface area contributed by atoms with Crippen LogP contribution in [0.1, 0.15) is 22.8 Å². The minimum atomic E-state index is -0.362. The largest absolute Gasteiger partial charge is 0.495 e. The third kappa shape index (κ3) is 4.74. The molecular weight excluding hydrogens is 306 g/mol. The number of anilines is 1. The molecule has 0 aliphatic carbocycles. The summed E-state index contributed by atoms with van der Waals surface area (Å²) in [6, 6.07) is 14.5. The number of amides is 2. The standard InChI is InChI=1S/C18H21N3O3/c1-3-13-8-10-14(11-9-13)18(23)21-20-17(22)12-19-15-6-4-5-7-16(15)24-2/h4-11,19H,3,12H2,1-2H3,(H,20,22)(H,21,23). The lowest BCUT2D eigenvalue weighted by atomic mass is 10.1. The molecule has 0 spiro atoms. The highest BCUT2D eigenvalue weighted by molar-refractivity contribution is 5.95. The van der Waals surface area contributed by atoms with E-state index in [9.17, 15) is 9.59 Å². The normalized spacial score (nSPS) is 9.92. The number of hydrogen-bond acceptors (Lipinski definition) is 4. The monoisotopic (exact) mass is 327 g/mol. The maximum atomic E-state index is 12.0. The van der Waals surface area contributed by atoms with E-state index < -0.39 is 0 Å².